The lowest BCUT2D eigenvalue weighted by molar-refractivity contribution is 0.769. The van der Waals surface area contributed by atoms with Gasteiger partial charge in [-0.1, -0.05) is 279 Å². The van der Waals surface area contributed by atoms with Crippen LogP contribution in [0.25, 0.3) is 121 Å². The molecule has 1 aliphatic rings. The fourth-order valence-corrected chi connectivity index (χ4v) is 13.3. The van der Waals surface area contributed by atoms with Crippen LogP contribution < -0.4 is 0 Å². The number of hydrogen-bond acceptors (Lipinski definition) is 0. The van der Waals surface area contributed by atoms with Crippen LogP contribution in [-0.2, 0) is 5.41 Å². The van der Waals surface area contributed by atoms with Gasteiger partial charge in [-0.25, -0.2) is 0 Å². The number of hydrogen-bond donors (Lipinski definition) is 0. The van der Waals surface area contributed by atoms with Gasteiger partial charge in [0.1, 0.15) is 0 Å². The van der Waals surface area contributed by atoms with Gasteiger partial charge in [-0.2, -0.15) is 0 Å². The summed E-state index contributed by atoms with van der Waals surface area (Å²) >= 11 is 0. The number of benzene rings is 14. The first kappa shape index (κ1) is 44.6. The third kappa shape index (κ3) is 7.07. The van der Waals surface area contributed by atoms with Gasteiger partial charge >= 0.3 is 0 Å². The molecule has 14 aromatic rings. The average Bonchev–Trinajstić information content (AvgIpc) is 4.08. The lowest BCUT2D eigenvalue weighted by Crippen LogP contribution is -2.28. The van der Waals surface area contributed by atoms with Crippen molar-refractivity contribution in [2.75, 3.05) is 0 Å². The Kier molecular flexibility index (Phi) is 10.5. The summed E-state index contributed by atoms with van der Waals surface area (Å²) in [7, 11) is 0. The van der Waals surface area contributed by atoms with Gasteiger partial charge in [-0.3, -0.25) is 0 Å². The molecular weight excluding hydrogens is 925 g/mol. The van der Waals surface area contributed by atoms with E-state index in [0.717, 1.165) is 0 Å². The maximum Gasteiger partial charge on any atom is 0.0713 e. The quantitative estimate of drug-likeness (QED) is 0.133. The summed E-state index contributed by atoms with van der Waals surface area (Å²) in [5.41, 5.74) is 21.7. The molecule has 0 heterocycles. The minimum Gasteiger partial charge on any atom is -0.0622 e. The van der Waals surface area contributed by atoms with Crippen molar-refractivity contribution in [1.82, 2.24) is 0 Å². The van der Waals surface area contributed by atoms with E-state index >= 15 is 0 Å². The lowest BCUT2D eigenvalue weighted by Gasteiger charge is -2.34. The Morgan fingerprint density at radius 3 is 0.766 bits per heavy atom. The number of rotatable bonds is 8. The molecule has 358 valence electrons. The Morgan fingerprint density at radius 2 is 0.416 bits per heavy atom. The number of fused-ring (bicyclic) bond motifs is 7. The molecule has 0 heteroatoms. The highest BCUT2D eigenvalue weighted by Gasteiger charge is 2.46. The van der Waals surface area contributed by atoms with Crippen LogP contribution in [0.5, 0.6) is 0 Å². The predicted molar refractivity (Wildman–Crippen MR) is 326 cm³/mol. The van der Waals surface area contributed by atoms with Crippen molar-refractivity contribution < 1.29 is 0 Å². The molecule has 0 radical (unpaired) electrons. The van der Waals surface area contributed by atoms with E-state index in [1.165, 1.54) is 143 Å². The van der Waals surface area contributed by atoms with Gasteiger partial charge in [0.2, 0.25) is 0 Å². The molecule has 14 aromatic carbocycles. The van der Waals surface area contributed by atoms with E-state index < -0.39 is 5.41 Å². The first-order valence-electron chi connectivity index (χ1n) is 26.8. The Hall–Kier alpha value is -9.88. The van der Waals surface area contributed by atoms with Crippen LogP contribution in [0.3, 0.4) is 0 Å². The van der Waals surface area contributed by atoms with Crippen molar-refractivity contribution >= 4 is 43.1 Å². The summed E-state index contributed by atoms with van der Waals surface area (Å²) in [5.74, 6) is 0. The van der Waals surface area contributed by atoms with Crippen molar-refractivity contribution in [2.24, 2.45) is 0 Å². The van der Waals surface area contributed by atoms with E-state index in [1.807, 2.05) is 0 Å². The van der Waals surface area contributed by atoms with Crippen LogP contribution in [-0.4, -0.2) is 0 Å². The molecule has 0 unspecified atom stereocenters. The highest BCUT2D eigenvalue weighted by Crippen LogP contribution is 2.57. The molecule has 0 aromatic heterocycles. The summed E-state index contributed by atoms with van der Waals surface area (Å²) in [5, 5.41) is 10.0. The van der Waals surface area contributed by atoms with Gasteiger partial charge < -0.3 is 0 Å². The predicted octanol–water partition coefficient (Wildman–Crippen LogP) is 20.7. The van der Waals surface area contributed by atoms with E-state index in [1.54, 1.807) is 0 Å². The molecule has 0 fully saturated rings. The molecular formula is C77H50. The SMILES string of the molecule is c1ccc(-c2c3ccccc3c(-c3cccc(-c4cccc(C5(c6cccc(-c7cccc(-c8c9ccccc9c(-c9ccccc9)c9ccccc89)c7)c6)c6ccccc6-c6ccccc65)c4)c3)c3ccccc23)cc1. The molecule has 0 nitrogen and oxygen atoms in total. The Bertz CT molecular complexity index is 4210. The van der Waals surface area contributed by atoms with Crippen molar-refractivity contribution in [1.29, 1.82) is 0 Å². The smallest absolute Gasteiger partial charge is 0.0622 e. The van der Waals surface area contributed by atoms with E-state index in [2.05, 4.69) is 303 Å². The van der Waals surface area contributed by atoms with Crippen molar-refractivity contribution in [3.63, 3.8) is 0 Å². The molecule has 0 atom stereocenters. The Balaban J connectivity index is 0.894. The molecule has 77 heavy (non-hydrogen) atoms. The standard InChI is InChI=1S/C77H50/c1-3-23-51(24-4-1)73-63-37-7-11-41-67(63)75(68-42-12-8-38-64(68)73)57-31-19-27-53(47-57)55-29-21-33-59(49-55)77(71-45-17-15-35-61(71)62-36-16-18-46-72(62)77)60-34-22-30-56(50-60)54-28-20-32-58(48-54)76-69-43-13-9-39-65(69)74(52-25-5-2-6-26-52)66-40-10-14-44-70(66)76/h1-50H. The fraction of sp³-hybridized carbons (Fsp3) is 0.0130. The maximum atomic E-state index is 2.47. The first-order chi connectivity index (χ1) is 38.2. The minimum absolute atomic E-state index is 0.603. The lowest BCUT2D eigenvalue weighted by atomic mass is 9.67. The summed E-state index contributed by atoms with van der Waals surface area (Å²) in [6.07, 6.45) is 0. The second-order valence-corrected chi connectivity index (χ2v) is 20.6. The minimum atomic E-state index is -0.603. The van der Waals surface area contributed by atoms with Crippen LogP contribution in [0.1, 0.15) is 22.3 Å². The van der Waals surface area contributed by atoms with E-state index in [0.29, 0.717) is 0 Å². The Morgan fingerprint density at radius 1 is 0.169 bits per heavy atom. The van der Waals surface area contributed by atoms with Gasteiger partial charge in [0, 0.05) is 0 Å². The third-order valence-corrected chi connectivity index (χ3v) is 16.5. The van der Waals surface area contributed by atoms with Crippen molar-refractivity contribution in [2.45, 2.75) is 5.41 Å². The molecule has 0 bridgehead atoms. The monoisotopic (exact) mass is 974 g/mol. The molecule has 0 amide bonds. The fourth-order valence-electron chi connectivity index (χ4n) is 13.3. The molecule has 0 spiro atoms. The van der Waals surface area contributed by atoms with E-state index in [4.69, 9.17) is 0 Å². The molecule has 0 aliphatic heterocycles. The van der Waals surface area contributed by atoms with Gasteiger partial charge in [-0.05, 0) is 167 Å². The molecule has 15 rings (SSSR count). The summed E-state index contributed by atoms with van der Waals surface area (Å²) in [6.45, 7) is 0. The van der Waals surface area contributed by atoms with Gasteiger partial charge in [0.15, 0.2) is 0 Å². The van der Waals surface area contributed by atoms with Gasteiger partial charge in [-0.15, -0.1) is 0 Å². The zero-order valence-electron chi connectivity index (χ0n) is 42.4. The van der Waals surface area contributed by atoms with Crippen LogP contribution in [0.15, 0.2) is 303 Å². The molecule has 0 saturated carbocycles. The first-order valence-corrected chi connectivity index (χ1v) is 26.8. The molecule has 1 aliphatic carbocycles. The average molecular weight is 975 g/mol. The summed E-state index contributed by atoms with van der Waals surface area (Å²) < 4.78 is 0. The second kappa shape index (κ2) is 18.2. The Labute approximate surface area is 449 Å². The molecule has 0 N–H and O–H groups in total. The zero-order chi connectivity index (χ0) is 50.9. The van der Waals surface area contributed by atoms with E-state index in [-0.39, 0.29) is 0 Å². The largest absolute Gasteiger partial charge is 0.0713 e. The highest BCUT2D eigenvalue weighted by molar-refractivity contribution is 6.23. The summed E-state index contributed by atoms with van der Waals surface area (Å²) in [6, 6.07) is 113. The molecule has 0 saturated heterocycles. The third-order valence-electron chi connectivity index (χ3n) is 16.5. The highest BCUT2D eigenvalue weighted by atomic mass is 14.5. The van der Waals surface area contributed by atoms with Gasteiger partial charge in [0.05, 0.1) is 5.41 Å². The van der Waals surface area contributed by atoms with Crippen LogP contribution in [0.4, 0.5) is 0 Å². The van der Waals surface area contributed by atoms with Crippen LogP contribution >= 0.6 is 0 Å². The zero-order valence-corrected chi connectivity index (χ0v) is 42.4. The van der Waals surface area contributed by atoms with Gasteiger partial charge in [0.25, 0.3) is 0 Å². The topological polar surface area (TPSA) is 0 Å². The maximum absolute atomic E-state index is 2.47. The normalized spacial score (nSPS) is 12.5. The summed E-state index contributed by atoms with van der Waals surface area (Å²) in [4.78, 5) is 0. The van der Waals surface area contributed by atoms with Crippen LogP contribution in [0.2, 0.25) is 0 Å². The van der Waals surface area contributed by atoms with Crippen molar-refractivity contribution in [3.05, 3.63) is 326 Å². The second-order valence-electron chi connectivity index (χ2n) is 20.6. The van der Waals surface area contributed by atoms with Crippen LogP contribution in [0, 0.1) is 0 Å². The van der Waals surface area contributed by atoms with Crippen molar-refractivity contribution in [3.8, 4) is 77.9 Å². The van der Waals surface area contributed by atoms with E-state index in [9.17, 15) is 0 Å².